The van der Waals surface area contributed by atoms with Gasteiger partial charge in [0.1, 0.15) is 11.4 Å². The number of nitrogens with one attached hydrogen (secondary N) is 2. The van der Waals surface area contributed by atoms with Crippen molar-refractivity contribution in [2.45, 2.75) is 18.9 Å². The van der Waals surface area contributed by atoms with E-state index in [4.69, 9.17) is 4.74 Å². The highest BCUT2D eigenvalue weighted by molar-refractivity contribution is 7.92. The third-order valence-electron chi connectivity index (χ3n) is 2.12. The zero-order valence-corrected chi connectivity index (χ0v) is 12.2. The number of hydrogen-bond donors (Lipinski definition) is 2. The summed E-state index contributed by atoms with van der Waals surface area (Å²) in [4.78, 5) is 15.5. The Morgan fingerprint density at radius 1 is 1.55 bits per heavy atom. The molecule has 2 rings (SSSR count). The molecular formula is C9H11N5O4S2. The highest BCUT2D eigenvalue weighted by Gasteiger charge is 2.26. The molecule has 2 heterocycles. The summed E-state index contributed by atoms with van der Waals surface area (Å²) in [5.41, 5.74) is -0.166. The minimum absolute atomic E-state index is 0.104. The molecule has 0 saturated heterocycles. The first kappa shape index (κ1) is 14.4. The van der Waals surface area contributed by atoms with Crippen molar-refractivity contribution in [3.63, 3.8) is 0 Å². The van der Waals surface area contributed by atoms with Crippen molar-refractivity contribution in [2.75, 3.05) is 11.3 Å². The predicted molar refractivity (Wildman–Crippen MR) is 70.0 cm³/mol. The minimum atomic E-state index is -4.01. The van der Waals surface area contributed by atoms with Gasteiger partial charge in [0.05, 0.1) is 12.8 Å². The number of hydrogen-bond acceptors (Lipinski definition) is 8. The molecule has 2 aromatic rings. The van der Waals surface area contributed by atoms with Gasteiger partial charge in [0, 0.05) is 11.5 Å². The Morgan fingerprint density at radius 2 is 2.30 bits per heavy atom. The Balaban J connectivity index is 2.30. The summed E-state index contributed by atoms with van der Waals surface area (Å²) in [6.07, 6.45) is 1.10. The Kier molecular flexibility index (Phi) is 3.99. The maximum atomic E-state index is 12.2. The van der Waals surface area contributed by atoms with Crippen LogP contribution in [0.2, 0.25) is 0 Å². The van der Waals surface area contributed by atoms with E-state index in [2.05, 4.69) is 24.3 Å². The van der Waals surface area contributed by atoms with Gasteiger partial charge in [0.15, 0.2) is 5.03 Å². The fraction of sp³-hybridized carbons (Fsp3) is 0.333. The monoisotopic (exact) mass is 317 g/mol. The molecule has 0 aromatic carbocycles. The molecule has 0 aliphatic heterocycles. The second-order valence-electron chi connectivity index (χ2n) is 3.59. The number of anilines is 1. The van der Waals surface area contributed by atoms with Gasteiger partial charge < -0.3 is 4.74 Å². The molecule has 11 heteroatoms. The van der Waals surface area contributed by atoms with Crippen LogP contribution in [-0.4, -0.2) is 40.5 Å². The number of aromatic amines is 1. The highest BCUT2D eigenvalue weighted by Crippen LogP contribution is 2.19. The van der Waals surface area contributed by atoms with E-state index in [1.54, 1.807) is 13.8 Å². The quantitative estimate of drug-likeness (QED) is 0.771. The number of sulfonamides is 1. The number of carbonyl (C=O) groups is 1. The molecule has 0 amide bonds. The molecule has 0 bridgehead atoms. The molecule has 0 atom stereocenters. The lowest BCUT2D eigenvalue weighted by Crippen LogP contribution is -2.17. The molecule has 0 aliphatic rings. The normalized spacial score (nSPS) is 11.3. The van der Waals surface area contributed by atoms with E-state index >= 15 is 0 Å². The average Bonchev–Trinajstić information content (AvgIpc) is 2.98. The van der Waals surface area contributed by atoms with E-state index in [1.807, 2.05) is 0 Å². The number of esters is 1. The van der Waals surface area contributed by atoms with E-state index in [0.717, 1.165) is 17.7 Å². The fourth-order valence-corrected chi connectivity index (χ4v) is 3.22. The van der Waals surface area contributed by atoms with E-state index < -0.39 is 16.0 Å². The summed E-state index contributed by atoms with van der Waals surface area (Å²) < 4.78 is 35.1. The maximum absolute atomic E-state index is 12.2. The van der Waals surface area contributed by atoms with Crippen molar-refractivity contribution in [3.05, 3.63) is 17.6 Å². The molecule has 0 aliphatic carbocycles. The number of rotatable bonds is 5. The van der Waals surface area contributed by atoms with Crippen LogP contribution in [0.15, 0.2) is 11.2 Å². The first-order chi connectivity index (χ1) is 9.44. The number of H-pyrrole nitrogens is 1. The number of aryl methyl sites for hydroxylation is 1. The van der Waals surface area contributed by atoms with Crippen molar-refractivity contribution in [2.24, 2.45) is 0 Å². The van der Waals surface area contributed by atoms with Gasteiger partial charge in [-0.15, -0.1) is 0 Å². The Morgan fingerprint density at radius 3 is 2.90 bits per heavy atom. The van der Waals surface area contributed by atoms with Crippen molar-refractivity contribution in [1.29, 1.82) is 0 Å². The summed E-state index contributed by atoms with van der Waals surface area (Å²) in [6, 6.07) is 0. The molecular weight excluding hydrogens is 306 g/mol. The molecule has 2 aromatic heterocycles. The van der Waals surface area contributed by atoms with E-state index in [0.29, 0.717) is 5.82 Å². The standard InChI is InChI=1S/C9H11N5O4S2/c1-3-18-8(15)6-4-10-12-7(6)20(16,17)14-9-11-5(2)13-19-9/h4H,3H2,1-2H3,(H,10,12)(H,11,13,14). The lowest BCUT2D eigenvalue weighted by Gasteiger charge is -2.04. The topological polar surface area (TPSA) is 127 Å². The molecule has 0 unspecified atom stereocenters. The average molecular weight is 317 g/mol. The van der Waals surface area contributed by atoms with Gasteiger partial charge in [-0.05, 0) is 13.8 Å². The molecule has 0 radical (unpaired) electrons. The summed E-state index contributed by atoms with van der Waals surface area (Å²) >= 11 is 0.896. The van der Waals surface area contributed by atoms with Gasteiger partial charge in [0.2, 0.25) is 5.13 Å². The first-order valence-electron chi connectivity index (χ1n) is 5.47. The molecule has 0 saturated carbocycles. The van der Waals surface area contributed by atoms with E-state index in [-0.39, 0.29) is 22.3 Å². The fourth-order valence-electron chi connectivity index (χ4n) is 1.34. The summed E-state index contributed by atoms with van der Waals surface area (Å²) in [5, 5.41) is 5.56. The van der Waals surface area contributed by atoms with Crippen LogP contribution < -0.4 is 4.72 Å². The second kappa shape index (κ2) is 5.54. The highest BCUT2D eigenvalue weighted by atomic mass is 32.2. The van der Waals surface area contributed by atoms with Gasteiger partial charge in [-0.2, -0.15) is 17.9 Å². The van der Waals surface area contributed by atoms with Crippen LogP contribution in [0.3, 0.4) is 0 Å². The third kappa shape index (κ3) is 2.93. The summed E-state index contributed by atoms with van der Waals surface area (Å²) in [6.45, 7) is 3.38. The van der Waals surface area contributed by atoms with Gasteiger partial charge in [-0.1, -0.05) is 0 Å². The number of carbonyl (C=O) groups excluding carboxylic acids is 1. The van der Waals surface area contributed by atoms with Crippen LogP contribution in [0.1, 0.15) is 23.1 Å². The zero-order valence-electron chi connectivity index (χ0n) is 10.6. The first-order valence-corrected chi connectivity index (χ1v) is 7.73. The van der Waals surface area contributed by atoms with Gasteiger partial charge in [0.25, 0.3) is 10.0 Å². The lowest BCUT2D eigenvalue weighted by molar-refractivity contribution is 0.0522. The largest absolute Gasteiger partial charge is 0.462 e. The van der Waals surface area contributed by atoms with E-state index in [9.17, 15) is 13.2 Å². The Bertz CT molecular complexity index is 720. The van der Waals surface area contributed by atoms with Crippen molar-refractivity contribution in [1.82, 2.24) is 19.6 Å². The minimum Gasteiger partial charge on any atom is -0.462 e. The van der Waals surface area contributed by atoms with Crippen LogP contribution >= 0.6 is 11.5 Å². The second-order valence-corrected chi connectivity index (χ2v) is 5.96. The van der Waals surface area contributed by atoms with Crippen molar-refractivity contribution in [3.8, 4) is 0 Å². The molecule has 9 nitrogen and oxygen atoms in total. The third-order valence-corrected chi connectivity index (χ3v) is 4.28. The molecule has 108 valence electrons. The van der Waals surface area contributed by atoms with Gasteiger partial charge in [-0.3, -0.25) is 9.82 Å². The Hall–Kier alpha value is -2.01. The predicted octanol–water partition coefficient (Wildman–Crippen LogP) is 0.547. The van der Waals surface area contributed by atoms with Crippen LogP contribution in [0.5, 0.6) is 0 Å². The lowest BCUT2D eigenvalue weighted by atomic mass is 10.4. The number of ether oxygens (including phenoxy) is 1. The maximum Gasteiger partial charge on any atom is 0.342 e. The Labute approximate surface area is 118 Å². The molecule has 0 spiro atoms. The van der Waals surface area contributed by atoms with E-state index in [1.165, 1.54) is 0 Å². The van der Waals surface area contributed by atoms with Gasteiger partial charge >= 0.3 is 5.97 Å². The number of nitrogens with zero attached hydrogens (tertiary/aromatic N) is 3. The molecule has 20 heavy (non-hydrogen) atoms. The van der Waals surface area contributed by atoms with Crippen molar-refractivity contribution >= 4 is 32.7 Å². The summed E-state index contributed by atoms with van der Waals surface area (Å²) in [7, 11) is -4.01. The SMILES string of the molecule is CCOC(=O)c1cn[nH]c1S(=O)(=O)Nc1nc(C)ns1. The molecule has 2 N–H and O–H groups in total. The molecule has 0 fully saturated rings. The van der Waals surface area contributed by atoms with Crippen LogP contribution in [0.25, 0.3) is 0 Å². The smallest absolute Gasteiger partial charge is 0.342 e. The van der Waals surface area contributed by atoms with Crippen LogP contribution in [0.4, 0.5) is 5.13 Å². The summed E-state index contributed by atoms with van der Waals surface area (Å²) in [5.74, 6) is -0.321. The number of aromatic nitrogens is 4. The zero-order chi connectivity index (χ0) is 14.8. The van der Waals surface area contributed by atoms with Gasteiger partial charge in [-0.25, -0.2) is 9.78 Å². The van der Waals surface area contributed by atoms with Crippen LogP contribution in [0, 0.1) is 6.92 Å². The van der Waals surface area contributed by atoms with Crippen molar-refractivity contribution < 1.29 is 17.9 Å². The van der Waals surface area contributed by atoms with Crippen LogP contribution in [-0.2, 0) is 14.8 Å².